The maximum absolute atomic E-state index is 12.2. The molecular formula is C16H31ClN2O3. The molecule has 1 aliphatic heterocycles. The van der Waals surface area contributed by atoms with E-state index in [1.165, 1.54) is 32.1 Å². The van der Waals surface area contributed by atoms with Gasteiger partial charge in [0.05, 0.1) is 12.7 Å². The van der Waals surface area contributed by atoms with Crippen LogP contribution in [0.3, 0.4) is 0 Å². The summed E-state index contributed by atoms with van der Waals surface area (Å²) in [5, 5.41) is 3.08. The molecule has 1 saturated carbocycles. The predicted octanol–water partition coefficient (Wildman–Crippen LogP) is 2.02. The maximum Gasteiger partial charge on any atom is 0.249 e. The van der Waals surface area contributed by atoms with Crippen LogP contribution in [0.15, 0.2) is 0 Å². The molecule has 3 atom stereocenters. The molecule has 0 aromatic carbocycles. The molecule has 0 aromatic heterocycles. The molecular weight excluding hydrogens is 304 g/mol. The second kappa shape index (κ2) is 10.4. The molecule has 2 aliphatic rings. The van der Waals surface area contributed by atoms with Crippen molar-refractivity contribution >= 4 is 18.3 Å². The molecule has 0 radical (unpaired) electrons. The van der Waals surface area contributed by atoms with Crippen molar-refractivity contribution in [1.29, 1.82) is 0 Å². The van der Waals surface area contributed by atoms with Crippen LogP contribution >= 0.6 is 12.4 Å². The highest BCUT2D eigenvalue weighted by Gasteiger charge is 2.26. The lowest BCUT2D eigenvalue weighted by molar-refractivity contribution is -0.134. The van der Waals surface area contributed by atoms with E-state index in [-0.39, 0.29) is 30.5 Å². The van der Waals surface area contributed by atoms with Crippen molar-refractivity contribution in [2.75, 3.05) is 19.8 Å². The van der Waals surface area contributed by atoms with E-state index in [9.17, 15) is 4.79 Å². The van der Waals surface area contributed by atoms with Crippen molar-refractivity contribution in [2.24, 2.45) is 11.7 Å². The van der Waals surface area contributed by atoms with Gasteiger partial charge >= 0.3 is 0 Å². The third-order valence-corrected chi connectivity index (χ3v) is 4.73. The van der Waals surface area contributed by atoms with Gasteiger partial charge in [-0.05, 0) is 38.5 Å². The summed E-state index contributed by atoms with van der Waals surface area (Å²) in [4.78, 5) is 12.2. The Kier molecular flexibility index (Phi) is 9.33. The van der Waals surface area contributed by atoms with Gasteiger partial charge in [-0.1, -0.05) is 19.3 Å². The van der Waals surface area contributed by atoms with Gasteiger partial charge in [0.15, 0.2) is 0 Å². The smallest absolute Gasteiger partial charge is 0.249 e. The summed E-state index contributed by atoms with van der Waals surface area (Å²) in [5.74, 6) is 0.479. The molecule has 2 rings (SSSR count). The van der Waals surface area contributed by atoms with Crippen molar-refractivity contribution in [1.82, 2.24) is 5.32 Å². The zero-order valence-corrected chi connectivity index (χ0v) is 14.4. The quantitative estimate of drug-likeness (QED) is 0.747. The van der Waals surface area contributed by atoms with Gasteiger partial charge in [0, 0.05) is 19.2 Å². The topological polar surface area (TPSA) is 73.6 Å². The van der Waals surface area contributed by atoms with Gasteiger partial charge in [0.2, 0.25) is 5.91 Å². The molecule has 6 heteroatoms. The zero-order chi connectivity index (χ0) is 15.1. The fraction of sp³-hybridized carbons (Fsp3) is 0.938. The minimum absolute atomic E-state index is 0. The Hall–Kier alpha value is -0.360. The van der Waals surface area contributed by atoms with Gasteiger partial charge in [-0.15, -0.1) is 12.4 Å². The summed E-state index contributed by atoms with van der Waals surface area (Å²) in [6, 6.07) is 0.0894. The monoisotopic (exact) mass is 334 g/mol. The van der Waals surface area contributed by atoms with Crippen LogP contribution in [-0.4, -0.2) is 43.9 Å². The maximum atomic E-state index is 12.2. The molecule has 5 nitrogen and oxygen atoms in total. The number of hydrogen-bond donors (Lipinski definition) is 2. The van der Waals surface area contributed by atoms with Gasteiger partial charge < -0.3 is 20.5 Å². The van der Waals surface area contributed by atoms with Crippen molar-refractivity contribution in [3.63, 3.8) is 0 Å². The second-order valence-corrected chi connectivity index (χ2v) is 6.36. The van der Waals surface area contributed by atoms with E-state index in [1.54, 1.807) is 6.92 Å². The highest BCUT2D eigenvalue weighted by atomic mass is 35.5. The molecule has 22 heavy (non-hydrogen) atoms. The fourth-order valence-corrected chi connectivity index (χ4v) is 3.31. The first-order valence-corrected chi connectivity index (χ1v) is 8.44. The van der Waals surface area contributed by atoms with E-state index in [4.69, 9.17) is 15.2 Å². The molecule has 0 spiro atoms. The van der Waals surface area contributed by atoms with Crippen LogP contribution < -0.4 is 11.1 Å². The zero-order valence-electron chi connectivity index (χ0n) is 13.6. The largest absolute Gasteiger partial charge is 0.376 e. The summed E-state index contributed by atoms with van der Waals surface area (Å²) >= 11 is 0. The van der Waals surface area contributed by atoms with E-state index in [0.29, 0.717) is 19.1 Å². The van der Waals surface area contributed by atoms with Gasteiger partial charge in [-0.2, -0.15) is 0 Å². The third kappa shape index (κ3) is 6.03. The molecule has 1 amide bonds. The molecule has 0 aromatic rings. The highest BCUT2D eigenvalue weighted by molar-refractivity contribution is 5.85. The van der Waals surface area contributed by atoms with Crippen molar-refractivity contribution in [2.45, 2.75) is 70.1 Å². The average Bonchev–Trinajstić information content (AvgIpc) is 3.04. The summed E-state index contributed by atoms with van der Waals surface area (Å²) in [6.07, 6.45) is 8.00. The summed E-state index contributed by atoms with van der Waals surface area (Å²) in [6.45, 7) is 3.63. The number of carbonyl (C=O) groups is 1. The van der Waals surface area contributed by atoms with Crippen molar-refractivity contribution < 1.29 is 14.3 Å². The Morgan fingerprint density at radius 3 is 2.59 bits per heavy atom. The first-order valence-electron chi connectivity index (χ1n) is 8.44. The van der Waals surface area contributed by atoms with Crippen LogP contribution in [0.25, 0.3) is 0 Å². The summed E-state index contributed by atoms with van der Waals surface area (Å²) in [7, 11) is 0. The number of amides is 1. The Labute approximate surface area is 140 Å². The van der Waals surface area contributed by atoms with Gasteiger partial charge in [-0.25, -0.2) is 0 Å². The lowest BCUT2D eigenvalue weighted by atomic mass is 9.84. The molecule has 3 unspecified atom stereocenters. The standard InChI is InChI=1S/C16H30N2O3.ClH/c1-12(21-11-14-8-5-9-20-14)16(19)18-15(10-17)13-6-3-2-4-7-13;/h12-15H,2-11,17H2,1H3,(H,18,19);1H. The lowest BCUT2D eigenvalue weighted by Crippen LogP contribution is -2.49. The van der Waals surface area contributed by atoms with E-state index >= 15 is 0 Å². The van der Waals surface area contributed by atoms with Crippen LogP contribution in [0.5, 0.6) is 0 Å². The van der Waals surface area contributed by atoms with Crippen LogP contribution in [0.1, 0.15) is 51.9 Å². The van der Waals surface area contributed by atoms with Gasteiger partial charge in [-0.3, -0.25) is 4.79 Å². The predicted molar refractivity (Wildman–Crippen MR) is 89.2 cm³/mol. The van der Waals surface area contributed by atoms with Crippen LogP contribution in [0.2, 0.25) is 0 Å². The average molecular weight is 335 g/mol. The number of ether oxygens (including phenoxy) is 2. The Balaban J connectivity index is 0.00000242. The molecule has 1 heterocycles. The fourth-order valence-electron chi connectivity index (χ4n) is 3.31. The van der Waals surface area contributed by atoms with Crippen LogP contribution in [0.4, 0.5) is 0 Å². The van der Waals surface area contributed by atoms with Crippen LogP contribution in [-0.2, 0) is 14.3 Å². The van der Waals surface area contributed by atoms with Crippen molar-refractivity contribution in [3.8, 4) is 0 Å². The summed E-state index contributed by atoms with van der Waals surface area (Å²) in [5.41, 5.74) is 5.85. The number of halogens is 1. The SMILES string of the molecule is CC(OCC1CCCO1)C(=O)NC(CN)C1CCCCC1.Cl. The minimum Gasteiger partial charge on any atom is -0.376 e. The highest BCUT2D eigenvalue weighted by Crippen LogP contribution is 2.26. The number of carbonyl (C=O) groups excluding carboxylic acids is 1. The number of hydrogen-bond acceptors (Lipinski definition) is 4. The first kappa shape index (κ1) is 19.7. The normalized spacial score (nSPS) is 25.3. The first-order chi connectivity index (χ1) is 10.2. The van der Waals surface area contributed by atoms with E-state index in [1.807, 2.05) is 0 Å². The third-order valence-electron chi connectivity index (χ3n) is 4.73. The number of rotatable bonds is 7. The van der Waals surface area contributed by atoms with E-state index < -0.39 is 6.10 Å². The Morgan fingerprint density at radius 1 is 1.27 bits per heavy atom. The second-order valence-electron chi connectivity index (χ2n) is 6.36. The van der Waals surface area contributed by atoms with Crippen LogP contribution in [0, 0.1) is 5.92 Å². The van der Waals surface area contributed by atoms with Crippen molar-refractivity contribution in [3.05, 3.63) is 0 Å². The minimum atomic E-state index is -0.438. The van der Waals surface area contributed by atoms with Gasteiger partial charge in [0.25, 0.3) is 0 Å². The molecule has 3 N–H and O–H groups in total. The molecule has 2 fully saturated rings. The van der Waals surface area contributed by atoms with E-state index in [2.05, 4.69) is 5.32 Å². The lowest BCUT2D eigenvalue weighted by Gasteiger charge is -2.31. The molecule has 1 saturated heterocycles. The summed E-state index contributed by atoms with van der Waals surface area (Å²) < 4.78 is 11.1. The number of nitrogens with two attached hydrogens (primary N) is 1. The Bertz CT molecular complexity index is 319. The Morgan fingerprint density at radius 2 is 2.00 bits per heavy atom. The molecule has 0 bridgehead atoms. The number of nitrogens with one attached hydrogen (secondary N) is 1. The van der Waals surface area contributed by atoms with E-state index in [0.717, 1.165) is 19.4 Å². The molecule has 130 valence electrons. The molecule has 1 aliphatic carbocycles. The van der Waals surface area contributed by atoms with Gasteiger partial charge in [0.1, 0.15) is 6.10 Å².